The molecular formula is C28H27ClF2N6O2. The van der Waals surface area contributed by atoms with E-state index in [1.165, 1.54) is 30.5 Å². The maximum atomic E-state index is 15.0. The van der Waals surface area contributed by atoms with Crippen molar-refractivity contribution in [3.63, 3.8) is 0 Å². The number of likely N-dealkylation sites (tertiary alicyclic amines) is 1. The molecule has 4 atom stereocenters. The molecule has 0 bridgehead atoms. The lowest BCUT2D eigenvalue weighted by Crippen LogP contribution is -2.57. The highest BCUT2D eigenvalue weighted by atomic mass is 35.5. The van der Waals surface area contributed by atoms with Gasteiger partial charge in [0.05, 0.1) is 22.2 Å². The average Bonchev–Trinajstić information content (AvgIpc) is 3.36. The van der Waals surface area contributed by atoms with Crippen LogP contribution in [-0.2, 0) is 10.4 Å². The van der Waals surface area contributed by atoms with Crippen molar-refractivity contribution in [2.75, 3.05) is 31.1 Å². The molecule has 5 rings (SSSR count). The minimum atomic E-state index is -1.24. The fourth-order valence-corrected chi connectivity index (χ4v) is 6.11. The molecule has 1 aromatic carbocycles. The van der Waals surface area contributed by atoms with Crippen molar-refractivity contribution in [2.45, 2.75) is 25.4 Å². The molecule has 2 fully saturated rings. The zero-order valence-electron chi connectivity index (χ0n) is 21.4. The first-order chi connectivity index (χ1) is 18.6. The summed E-state index contributed by atoms with van der Waals surface area (Å²) in [6.07, 6.45) is 1.36. The quantitative estimate of drug-likeness (QED) is 0.523. The van der Waals surface area contributed by atoms with Gasteiger partial charge in [0.25, 0.3) is 0 Å². The first-order valence-electron chi connectivity index (χ1n) is 12.7. The Kier molecular flexibility index (Phi) is 7.23. The SMILES string of the molecule is CC1CN(C(=O)C2CN(c3ccc(C#N)nn3)CC2c2ncc(Cl)cc2F)CC(C)C1(O)c1ccc(F)cc1. The summed E-state index contributed by atoms with van der Waals surface area (Å²) < 4.78 is 28.6. The van der Waals surface area contributed by atoms with E-state index in [0.29, 0.717) is 11.4 Å². The second-order valence-electron chi connectivity index (χ2n) is 10.4. The molecule has 2 aromatic heterocycles. The smallest absolute Gasteiger partial charge is 0.228 e. The molecule has 3 aromatic rings. The molecule has 4 unspecified atom stereocenters. The number of hydrogen-bond acceptors (Lipinski definition) is 7. The van der Waals surface area contributed by atoms with E-state index in [2.05, 4.69) is 15.2 Å². The molecule has 2 aliphatic rings. The summed E-state index contributed by atoms with van der Waals surface area (Å²) in [6, 6.07) is 12.1. The van der Waals surface area contributed by atoms with Crippen molar-refractivity contribution in [1.82, 2.24) is 20.1 Å². The summed E-state index contributed by atoms with van der Waals surface area (Å²) in [7, 11) is 0. The lowest BCUT2D eigenvalue weighted by Gasteiger charge is -2.48. The Labute approximate surface area is 229 Å². The largest absolute Gasteiger partial charge is 0.384 e. The molecule has 39 heavy (non-hydrogen) atoms. The number of halogens is 3. The third-order valence-corrected chi connectivity index (χ3v) is 8.23. The number of nitrogens with zero attached hydrogens (tertiary/aromatic N) is 6. The van der Waals surface area contributed by atoms with Crippen LogP contribution in [0.1, 0.15) is 36.7 Å². The first kappa shape index (κ1) is 26.9. The van der Waals surface area contributed by atoms with E-state index in [-0.39, 0.29) is 66.1 Å². The van der Waals surface area contributed by atoms with Crippen LogP contribution in [0.5, 0.6) is 0 Å². The lowest BCUT2D eigenvalue weighted by molar-refractivity contribution is -0.152. The van der Waals surface area contributed by atoms with Gasteiger partial charge in [-0.3, -0.25) is 9.78 Å². The number of aromatic nitrogens is 3. The van der Waals surface area contributed by atoms with Crippen molar-refractivity contribution in [3.05, 3.63) is 82.3 Å². The Bertz CT molecular complexity index is 1400. The number of benzene rings is 1. The Morgan fingerprint density at radius 1 is 1.08 bits per heavy atom. The molecule has 0 spiro atoms. The van der Waals surface area contributed by atoms with E-state index in [9.17, 15) is 14.3 Å². The highest BCUT2D eigenvalue weighted by molar-refractivity contribution is 6.30. The van der Waals surface area contributed by atoms with Gasteiger partial charge in [0, 0.05) is 50.1 Å². The Morgan fingerprint density at radius 2 is 1.77 bits per heavy atom. The number of carbonyl (C=O) groups excluding carboxylic acids is 1. The number of hydrogen-bond donors (Lipinski definition) is 1. The van der Waals surface area contributed by atoms with Crippen molar-refractivity contribution in [1.29, 1.82) is 5.26 Å². The van der Waals surface area contributed by atoms with Gasteiger partial charge in [0.15, 0.2) is 11.5 Å². The second-order valence-corrected chi connectivity index (χ2v) is 10.8. The van der Waals surface area contributed by atoms with Gasteiger partial charge in [-0.25, -0.2) is 8.78 Å². The summed E-state index contributed by atoms with van der Waals surface area (Å²) in [4.78, 5) is 21.8. The molecule has 202 valence electrons. The molecule has 11 heteroatoms. The summed E-state index contributed by atoms with van der Waals surface area (Å²) in [5.74, 6) is -2.62. The van der Waals surface area contributed by atoms with E-state index < -0.39 is 23.3 Å². The first-order valence-corrected chi connectivity index (χ1v) is 13.1. The topological polar surface area (TPSA) is 106 Å². The number of anilines is 1. The van der Waals surface area contributed by atoms with Crippen LogP contribution in [0.15, 0.2) is 48.7 Å². The van der Waals surface area contributed by atoms with Crippen molar-refractivity contribution in [3.8, 4) is 6.07 Å². The summed E-state index contributed by atoms with van der Waals surface area (Å²) in [5, 5.41) is 28.9. The zero-order chi connectivity index (χ0) is 27.9. The number of carbonyl (C=O) groups is 1. The molecule has 4 heterocycles. The molecule has 0 saturated carbocycles. The Balaban J connectivity index is 1.43. The molecule has 2 aliphatic heterocycles. The van der Waals surface area contributed by atoms with Crippen LogP contribution >= 0.6 is 11.6 Å². The van der Waals surface area contributed by atoms with Crippen LogP contribution in [0.3, 0.4) is 0 Å². The maximum Gasteiger partial charge on any atom is 0.228 e. The number of pyridine rings is 1. The average molecular weight is 553 g/mol. The minimum Gasteiger partial charge on any atom is -0.384 e. The summed E-state index contributed by atoms with van der Waals surface area (Å²) in [6.45, 7) is 4.78. The van der Waals surface area contributed by atoms with Crippen LogP contribution in [0.4, 0.5) is 14.6 Å². The van der Waals surface area contributed by atoms with E-state index >= 15 is 4.39 Å². The Hall–Kier alpha value is -3.68. The van der Waals surface area contributed by atoms with Crippen molar-refractivity contribution >= 4 is 23.3 Å². The fourth-order valence-electron chi connectivity index (χ4n) is 5.97. The van der Waals surface area contributed by atoms with Gasteiger partial charge in [-0.05, 0) is 35.9 Å². The summed E-state index contributed by atoms with van der Waals surface area (Å²) in [5.41, 5.74) is -0.332. The molecular weight excluding hydrogens is 526 g/mol. The maximum absolute atomic E-state index is 15.0. The number of rotatable bonds is 4. The molecule has 0 aliphatic carbocycles. The molecule has 8 nitrogen and oxygen atoms in total. The van der Waals surface area contributed by atoms with Gasteiger partial charge in [0.2, 0.25) is 5.91 Å². The van der Waals surface area contributed by atoms with E-state index in [0.717, 1.165) is 0 Å². The monoisotopic (exact) mass is 552 g/mol. The van der Waals surface area contributed by atoms with Gasteiger partial charge in [-0.1, -0.05) is 37.6 Å². The van der Waals surface area contributed by atoms with Gasteiger partial charge in [-0.2, -0.15) is 5.26 Å². The molecule has 0 radical (unpaired) electrons. The predicted molar refractivity (Wildman–Crippen MR) is 140 cm³/mol. The summed E-state index contributed by atoms with van der Waals surface area (Å²) >= 11 is 5.94. The lowest BCUT2D eigenvalue weighted by atomic mass is 9.70. The molecule has 2 saturated heterocycles. The van der Waals surface area contributed by atoms with Crippen LogP contribution in [0, 0.1) is 40.7 Å². The van der Waals surface area contributed by atoms with Crippen LogP contribution in [0.2, 0.25) is 5.02 Å². The fraction of sp³-hybridized carbons (Fsp3) is 0.393. The third-order valence-electron chi connectivity index (χ3n) is 8.02. The third kappa shape index (κ3) is 4.92. The van der Waals surface area contributed by atoms with E-state index in [4.69, 9.17) is 16.9 Å². The van der Waals surface area contributed by atoms with Crippen LogP contribution in [-0.4, -0.2) is 57.3 Å². The van der Waals surface area contributed by atoms with Crippen molar-refractivity contribution < 1.29 is 18.7 Å². The van der Waals surface area contributed by atoms with E-state index in [1.54, 1.807) is 23.1 Å². The van der Waals surface area contributed by atoms with Gasteiger partial charge >= 0.3 is 0 Å². The normalized spacial score (nSPS) is 26.9. The highest BCUT2D eigenvalue weighted by Gasteiger charge is 2.49. The molecule has 1 amide bonds. The van der Waals surface area contributed by atoms with Gasteiger partial charge in [0.1, 0.15) is 17.7 Å². The highest BCUT2D eigenvalue weighted by Crippen LogP contribution is 2.43. The predicted octanol–water partition coefficient (Wildman–Crippen LogP) is 3.90. The molecule has 1 N–H and O–H groups in total. The van der Waals surface area contributed by atoms with Crippen LogP contribution < -0.4 is 4.90 Å². The van der Waals surface area contributed by atoms with E-state index in [1.807, 2.05) is 24.8 Å². The van der Waals surface area contributed by atoms with Crippen LogP contribution in [0.25, 0.3) is 0 Å². The number of amides is 1. The second kappa shape index (κ2) is 10.5. The van der Waals surface area contributed by atoms with Crippen molar-refractivity contribution in [2.24, 2.45) is 17.8 Å². The number of piperidine rings is 1. The minimum absolute atomic E-state index is 0.141. The Morgan fingerprint density at radius 3 is 2.36 bits per heavy atom. The number of aliphatic hydroxyl groups is 1. The standard InChI is InChI=1S/C28H27ClF2N6O2/c1-16-12-37(13-17(2)28(16,39)18-3-5-20(30)6-4-18)27(38)23-15-36(25-8-7-21(10-32)34-35-25)14-22(23)26-24(31)9-19(29)11-33-26/h3-9,11,16-17,22-23,39H,12-15H2,1-2H3. The number of nitriles is 1. The van der Waals surface area contributed by atoms with Gasteiger partial charge in [-0.15, -0.1) is 10.2 Å². The zero-order valence-corrected chi connectivity index (χ0v) is 22.2. The van der Waals surface area contributed by atoms with Gasteiger partial charge < -0.3 is 14.9 Å².